The molecule has 1 aliphatic heterocycles. The first-order chi connectivity index (χ1) is 14.6. The molecule has 6 heteroatoms. The van der Waals surface area contributed by atoms with Crippen molar-refractivity contribution in [2.75, 3.05) is 13.1 Å². The summed E-state index contributed by atoms with van der Waals surface area (Å²) < 4.78 is 5.79. The average molecular weight is 401 g/mol. The van der Waals surface area contributed by atoms with Crippen LogP contribution in [0.4, 0.5) is 0 Å². The van der Waals surface area contributed by atoms with Gasteiger partial charge in [-0.2, -0.15) is 0 Å². The fraction of sp³-hybridized carbons (Fsp3) is 0.250. The Kier molecular flexibility index (Phi) is 5.84. The highest BCUT2D eigenvalue weighted by Gasteiger charge is 2.30. The summed E-state index contributed by atoms with van der Waals surface area (Å²) in [4.78, 5) is 35.8. The highest BCUT2D eigenvalue weighted by Crippen LogP contribution is 2.25. The molecule has 0 N–H and O–H groups in total. The van der Waals surface area contributed by atoms with Crippen LogP contribution in [-0.4, -0.2) is 39.6 Å². The second kappa shape index (κ2) is 8.86. The third-order valence-corrected chi connectivity index (χ3v) is 5.20. The zero-order valence-corrected chi connectivity index (χ0v) is 16.8. The van der Waals surface area contributed by atoms with Crippen LogP contribution in [-0.2, 0) is 0 Å². The number of aryl methyl sites for hydroxylation is 1. The monoisotopic (exact) mass is 401 g/mol. The lowest BCUT2D eigenvalue weighted by Crippen LogP contribution is -2.42. The summed E-state index contributed by atoms with van der Waals surface area (Å²) in [5.41, 5.74) is 1.71. The predicted octanol–water partition coefficient (Wildman–Crippen LogP) is 4.31. The largest absolute Gasteiger partial charge is 0.457 e. The Bertz CT molecular complexity index is 1020. The molecule has 30 heavy (non-hydrogen) atoms. The smallest absolute Gasteiger partial charge is 0.274 e. The van der Waals surface area contributed by atoms with Gasteiger partial charge in [0.05, 0.1) is 11.9 Å². The van der Waals surface area contributed by atoms with Crippen LogP contribution in [0.1, 0.15) is 39.4 Å². The Morgan fingerprint density at radius 1 is 0.967 bits per heavy atom. The van der Waals surface area contributed by atoms with Gasteiger partial charge < -0.3 is 9.64 Å². The predicted molar refractivity (Wildman–Crippen MR) is 113 cm³/mol. The number of Topliss-reactive ketones (excluding diaryl/α,β-unsaturated/α-hetero) is 1. The standard InChI is InChI=1S/C24H23N3O3/c1-17-14-26-22(15-25-17)24(29)27-13-5-6-19(16-27)23(28)18-9-11-21(12-10-18)30-20-7-3-2-4-8-20/h2-4,7-12,14-15,19H,5-6,13,16H2,1H3/t19-/m0/s1. The van der Waals surface area contributed by atoms with E-state index in [9.17, 15) is 9.59 Å². The highest BCUT2D eigenvalue weighted by molar-refractivity contribution is 5.99. The van der Waals surface area contributed by atoms with Gasteiger partial charge in [0.15, 0.2) is 5.78 Å². The number of carbonyl (C=O) groups excluding carboxylic acids is 2. The fourth-order valence-corrected chi connectivity index (χ4v) is 3.59. The van der Waals surface area contributed by atoms with Crippen molar-refractivity contribution in [3.8, 4) is 11.5 Å². The van der Waals surface area contributed by atoms with Crippen molar-refractivity contribution in [3.05, 3.63) is 83.9 Å². The fourth-order valence-electron chi connectivity index (χ4n) is 3.59. The second-order valence-corrected chi connectivity index (χ2v) is 7.44. The van der Waals surface area contributed by atoms with E-state index in [0.717, 1.165) is 24.3 Å². The van der Waals surface area contributed by atoms with Gasteiger partial charge in [0.1, 0.15) is 17.2 Å². The van der Waals surface area contributed by atoms with E-state index < -0.39 is 0 Å². The van der Waals surface area contributed by atoms with Gasteiger partial charge in [0.25, 0.3) is 5.91 Å². The van der Waals surface area contributed by atoms with Crippen LogP contribution in [0.3, 0.4) is 0 Å². The number of nitrogens with zero attached hydrogens (tertiary/aromatic N) is 3. The molecular formula is C24H23N3O3. The number of ether oxygens (including phenoxy) is 1. The van der Waals surface area contributed by atoms with Crippen molar-refractivity contribution in [3.63, 3.8) is 0 Å². The van der Waals surface area contributed by atoms with Gasteiger partial charge in [-0.15, -0.1) is 0 Å². The summed E-state index contributed by atoms with van der Waals surface area (Å²) in [5.74, 6) is 1.08. The van der Waals surface area contributed by atoms with Crippen molar-refractivity contribution in [2.45, 2.75) is 19.8 Å². The first kappa shape index (κ1) is 19.8. The molecule has 1 atom stereocenters. The molecule has 1 aromatic heterocycles. The maximum absolute atomic E-state index is 13.0. The van der Waals surface area contributed by atoms with E-state index in [1.807, 2.05) is 37.3 Å². The van der Waals surface area contributed by atoms with Crippen LogP contribution in [0, 0.1) is 12.8 Å². The minimum absolute atomic E-state index is 0.0498. The molecule has 1 fully saturated rings. The van der Waals surface area contributed by atoms with Crippen LogP contribution in [0.25, 0.3) is 0 Å². The Morgan fingerprint density at radius 2 is 1.70 bits per heavy atom. The number of carbonyl (C=O) groups is 2. The number of piperidine rings is 1. The number of ketones is 1. The molecule has 2 aromatic carbocycles. The lowest BCUT2D eigenvalue weighted by molar-refractivity contribution is 0.0631. The molecule has 1 amide bonds. The minimum atomic E-state index is -0.220. The number of hydrogen-bond acceptors (Lipinski definition) is 5. The van der Waals surface area contributed by atoms with Gasteiger partial charge in [-0.1, -0.05) is 18.2 Å². The van der Waals surface area contributed by atoms with E-state index in [0.29, 0.717) is 30.1 Å². The molecule has 0 unspecified atom stereocenters. The van der Waals surface area contributed by atoms with Gasteiger partial charge in [-0.25, -0.2) is 4.98 Å². The van der Waals surface area contributed by atoms with Crippen molar-refractivity contribution in [2.24, 2.45) is 5.92 Å². The van der Waals surface area contributed by atoms with Crippen molar-refractivity contribution < 1.29 is 14.3 Å². The van der Waals surface area contributed by atoms with Gasteiger partial charge >= 0.3 is 0 Å². The maximum Gasteiger partial charge on any atom is 0.274 e. The number of benzene rings is 2. The summed E-state index contributed by atoms with van der Waals surface area (Å²) >= 11 is 0. The van der Waals surface area contributed by atoms with E-state index >= 15 is 0 Å². The number of aromatic nitrogens is 2. The Labute approximate surface area is 175 Å². The van der Waals surface area contributed by atoms with Crippen molar-refractivity contribution in [1.82, 2.24) is 14.9 Å². The molecule has 6 nitrogen and oxygen atoms in total. The third-order valence-electron chi connectivity index (χ3n) is 5.20. The molecule has 0 bridgehead atoms. The zero-order chi connectivity index (χ0) is 20.9. The molecular weight excluding hydrogens is 378 g/mol. The van der Waals surface area contributed by atoms with Gasteiger partial charge in [-0.05, 0) is 56.2 Å². The molecule has 0 aliphatic carbocycles. The quantitative estimate of drug-likeness (QED) is 0.596. The van der Waals surface area contributed by atoms with Gasteiger partial charge in [-0.3, -0.25) is 14.6 Å². The first-order valence-corrected chi connectivity index (χ1v) is 10.1. The Morgan fingerprint density at radius 3 is 2.40 bits per heavy atom. The van der Waals surface area contributed by atoms with E-state index in [2.05, 4.69) is 9.97 Å². The number of hydrogen-bond donors (Lipinski definition) is 0. The summed E-state index contributed by atoms with van der Waals surface area (Å²) in [5, 5.41) is 0. The topological polar surface area (TPSA) is 72.4 Å². The lowest BCUT2D eigenvalue weighted by Gasteiger charge is -2.31. The summed E-state index contributed by atoms with van der Waals surface area (Å²) in [6.45, 7) is 2.85. The summed E-state index contributed by atoms with van der Waals surface area (Å²) in [6.07, 6.45) is 4.63. The second-order valence-electron chi connectivity index (χ2n) is 7.44. The van der Waals surface area contributed by atoms with E-state index in [1.165, 1.54) is 6.20 Å². The molecule has 0 saturated carbocycles. The van der Waals surface area contributed by atoms with E-state index in [-0.39, 0.29) is 17.6 Å². The molecule has 1 saturated heterocycles. The van der Waals surface area contributed by atoms with Crippen molar-refractivity contribution in [1.29, 1.82) is 0 Å². The molecule has 2 heterocycles. The number of likely N-dealkylation sites (tertiary alicyclic amines) is 1. The van der Waals surface area contributed by atoms with Crippen LogP contribution in [0.15, 0.2) is 67.0 Å². The van der Waals surface area contributed by atoms with Crippen LogP contribution in [0.2, 0.25) is 0 Å². The van der Waals surface area contributed by atoms with Crippen LogP contribution < -0.4 is 4.74 Å². The SMILES string of the molecule is Cc1cnc(C(=O)N2CCC[C@H](C(=O)c3ccc(Oc4ccccc4)cc3)C2)cn1. The van der Waals surface area contributed by atoms with Crippen molar-refractivity contribution >= 4 is 11.7 Å². The zero-order valence-electron chi connectivity index (χ0n) is 16.8. The van der Waals surface area contributed by atoms with E-state index in [1.54, 1.807) is 35.4 Å². The lowest BCUT2D eigenvalue weighted by atomic mass is 9.90. The summed E-state index contributed by atoms with van der Waals surface area (Å²) in [7, 11) is 0. The average Bonchev–Trinajstić information content (AvgIpc) is 2.80. The Hall–Kier alpha value is -3.54. The highest BCUT2D eigenvalue weighted by atomic mass is 16.5. The van der Waals surface area contributed by atoms with Gasteiger partial charge in [0, 0.05) is 30.8 Å². The Balaban J connectivity index is 1.41. The summed E-state index contributed by atoms with van der Waals surface area (Å²) in [6, 6.07) is 16.7. The molecule has 0 spiro atoms. The van der Waals surface area contributed by atoms with Crippen LogP contribution >= 0.6 is 0 Å². The molecule has 152 valence electrons. The number of amides is 1. The van der Waals surface area contributed by atoms with E-state index in [4.69, 9.17) is 4.74 Å². The molecule has 1 aliphatic rings. The van der Waals surface area contributed by atoms with Gasteiger partial charge in [0.2, 0.25) is 0 Å². The third kappa shape index (κ3) is 4.54. The first-order valence-electron chi connectivity index (χ1n) is 10.1. The maximum atomic E-state index is 13.0. The molecule has 0 radical (unpaired) electrons. The molecule has 4 rings (SSSR count). The number of rotatable bonds is 5. The minimum Gasteiger partial charge on any atom is -0.457 e. The number of para-hydroxylation sites is 1. The molecule has 3 aromatic rings. The normalized spacial score (nSPS) is 16.2. The van der Waals surface area contributed by atoms with Crippen LogP contribution in [0.5, 0.6) is 11.5 Å².